The van der Waals surface area contributed by atoms with Crippen molar-refractivity contribution < 1.29 is 8.76 Å². The number of rotatable bonds is 2. The Kier molecular flexibility index (Phi) is 2.87. The van der Waals surface area contributed by atoms with E-state index in [0.717, 1.165) is 16.1 Å². The molecule has 0 saturated heterocycles. The molecule has 80 valence electrons. The van der Waals surface area contributed by atoms with Crippen molar-refractivity contribution in [2.75, 3.05) is 5.73 Å². The molecule has 0 aliphatic heterocycles. The average Bonchev–Trinajstić information content (AvgIpc) is 2.71. The minimum absolute atomic E-state index is 0.330. The zero-order chi connectivity index (χ0) is 11.0. The monoisotopic (exact) mass is 259 g/mol. The first-order valence-electron chi connectivity index (χ1n) is 3.99. The van der Waals surface area contributed by atoms with Crippen LogP contribution in [0.4, 0.5) is 5.13 Å². The molecule has 2 heterocycles. The second-order valence-corrected chi connectivity index (χ2v) is 5.97. The van der Waals surface area contributed by atoms with Crippen molar-refractivity contribution in [2.45, 2.75) is 11.1 Å². The van der Waals surface area contributed by atoms with Gasteiger partial charge in [-0.05, 0) is 24.1 Å². The van der Waals surface area contributed by atoms with E-state index in [1.807, 2.05) is 6.92 Å². The van der Waals surface area contributed by atoms with Crippen molar-refractivity contribution in [3.8, 4) is 10.4 Å². The SMILES string of the molecule is Cc1nc(N)sc1-c1csc(S(=O)[O-])c1. The third-order valence-electron chi connectivity index (χ3n) is 1.81. The van der Waals surface area contributed by atoms with E-state index < -0.39 is 11.1 Å². The first-order valence-corrected chi connectivity index (χ1v) is 6.76. The molecule has 2 N–H and O–H groups in total. The number of thiazole rings is 1. The summed E-state index contributed by atoms with van der Waals surface area (Å²) in [7, 11) is 0. The molecular formula is C8H7N2O2S3-. The fourth-order valence-electron chi connectivity index (χ4n) is 1.21. The molecule has 0 amide bonds. The molecule has 4 nitrogen and oxygen atoms in total. The summed E-state index contributed by atoms with van der Waals surface area (Å²) < 4.78 is 21.7. The Morgan fingerprint density at radius 3 is 2.80 bits per heavy atom. The predicted molar refractivity (Wildman–Crippen MR) is 61.8 cm³/mol. The van der Waals surface area contributed by atoms with E-state index in [9.17, 15) is 8.76 Å². The maximum Gasteiger partial charge on any atom is 0.180 e. The molecule has 0 radical (unpaired) electrons. The van der Waals surface area contributed by atoms with Crippen LogP contribution in [0.5, 0.6) is 0 Å². The molecule has 1 atom stereocenters. The molecule has 2 aromatic heterocycles. The molecule has 0 aliphatic carbocycles. The fraction of sp³-hybridized carbons (Fsp3) is 0.125. The van der Waals surface area contributed by atoms with Crippen LogP contribution in [-0.2, 0) is 11.1 Å². The number of nitrogens with two attached hydrogens (primary N) is 1. The highest BCUT2D eigenvalue weighted by molar-refractivity contribution is 7.81. The Morgan fingerprint density at radius 2 is 2.33 bits per heavy atom. The third-order valence-corrected chi connectivity index (χ3v) is 4.72. The van der Waals surface area contributed by atoms with Crippen LogP contribution in [0, 0.1) is 6.92 Å². The van der Waals surface area contributed by atoms with Crippen molar-refractivity contribution in [3.63, 3.8) is 0 Å². The normalized spacial score (nSPS) is 12.9. The Morgan fingerprint density at radius 1 is 1.60 bits per heavy atom. The first kappa shape index (κ1) is 10.7. The van der Waals surface area contributed by atoms with Gasteiger partial charge in [-0.25, -0.2) is 4.98 Å². The van der Waals surface area contributed by atoms with Gasteiger partial charge in [0.2, 0.25) is 0 Å². The minimum atomic E-state index is -2.16. The summed E-state index contributed by atoms with van der Waals surface area (Å²) in [5.74, 6) is 0. The molecule has 7 heteroatoms. The topological polar surface area (TPSA) is 79.0 Å². The Bertz CT molecular complexity index is 518. The standard InChI is InChI=1S/C8H8N2O2S3/c1-4-7(14-8(9)10-4)5-2-6(13-3-5)15(11)12/h2-3H,1H3,(H2,9,10)(H,11,12)/p-1. The molecule has 0 aromatic carbocycles. The summed E-state index contributed by atoms with van der Waals surface area (Å²) >= 11 is 0.400. The average molecular weight is 259 g/mol. The molecule has 2 rings (SSSR count). The fourth-order valence-corrected chi connectivity index (χ4v) is 3.41. The summed E-state index contributed by atoms with van der Waals surface area (Å²) in [4.78, 5) is 5.02. The van der Waals surface area contributed by atoms with Gasteiger partial charge in [0, 0.05) is 10.9 Å². The van der Waals surface area contributed by atoms with Crippen LogP contribution in [0.15, 0.2) is 15.7 Å². The molecule has 0 aliphatic rings. The Labute approximate surface area is 97.1 Å². The Hall–Kier alpha value is -0.760. The number of hydrogen-bond donors (Lipinski definition) is 1. The smallest absolute Gasteiger partial charge is 0.180 e. The van der Waals surface area contributed by atoms with Gasteiger partial charge in [-0.2, -0.15) is 0 Å². The number of anilines is 1. The lowest BCUT2D eigenvalue weighted by atomic mass is 10.2. The van der Waals surface area contributed by atoms with Gasteiger partial charge in [-0.1, -0.05) is 11.3 Å². The number of nitrogen functional groups attached to an aromatic ring is 1. The van der Waals surface area contributed by atoms with E-state index in [1.165, 1.54) is 22.7 Å². The number of aromatic nitrogens is 1. The van der Waals surface area contributed by atoms with Crippen LogP contribution in [0.25, 0.3) is 10.4 Å². The third kappa shape index (κ3) is 2.10. The summed E-state index contributed by atoms with van der Waals surface area (Å²) in [5, 5.41) is 2.30. The number of thiophene rings is 1. The van der Waals surface area contributed by atoms with E-state index >= 15 is 0 Å². The molecule has 1 unspecified atom stereocenters. The lowest BCUT2D eigenvalue weighted by molar-refractivity contribution is 0.539. The van der Waals surface area contributed by atoms with E-state index in [-0.39, 0.29) is 0 Å². The van der Waals surface area contributed by atoms with Crippen LogP contribution in [0.1, 0.15) is 5.69 Å². The van der Waals surface area contributed by atoms with Crippen molar-refractivity contribution in [1.82, 2.24) is 4.98 Å². The van der Waals surface area contributed by atoms with E-state index in [1.54, 1.807) is 11.4 Å². The van der Waals surface area contributed by atoms with E-state index in [4.69, 9.17) is 5.73 Å². The van der Waals surface area contributed by atoms with Gasteiger partial charge in [-0.3, -0.25) is 4.21 Å². The van der Waals surface area contributed by atoms with Crippen LogP contribution in [0.2, 0.25) is 0 Å². The number of nitrogens with zero attached hydrogens (tertiary/aromatic N) is 1. The molecular weight excluding hydrogens is 252 g/mol. The molecule has 2 aromatic rings. The van der Waals surface area contributed by atoms with Gasteiger partial charge in [0.05, 0.1) is 14.8 Å². The quantitative estimate of drug-likeness (QED) is 0.837. The second kappa shape index (κ2) is 4.01. The van der Waals surface area contributed by atoms with Crippen molar-refractivity contribution in [3.05, 3.63) is 17.1 Å². The van der Waals surface area contributed by atoms with E-state index in [2.05, 4.69) is 4.98 Å². The summed E-state index contributed by atoms with van der Waals surface area (Å²) in [6, 6.07) is 1.63. The second-order valence-electron chi connectivity index (χ2n) is 2.86. The minimum Gasteiger partial charge on any atom is -0.768 e. The zero-order valence-corrected chi connectivity index (χ0v) is 10.2. The highest BCUT2D eigenvalue weighted by atomic mass is 32.2. The highest BCUT2D eigenvalue weighted by Crippen LogP contribution is 2.34. The van der Waals surface area contributed by atoms with Gasteiger partial charge < -0.3 is 10.3 Å². The van der Waals surface area contributed by atoms with Crippen LogP contribution < -0.4 is 5.73 Å². The summed E-state index contributed by atoms with van der Waals surface area (Å²) in [6.45, 7) is 1.85. The van der Waals surface area contributed by atoms with Gasteiger partial charge in [0.15, 0.2) is 5.13 Å². The molecule has 15 heavy (non-hydrogen) atoms. The van der Waals surface area contributed by atoms with Gasteiger partial charge in [0.25, 0.3) is 0 Å². The van der Waals surface area contributed by atoms with Crippen LogP contribution in [-0.4, -0.2) is 13.7 Å². The zero-order valence-electron chi connectivity index (χ0n) is 7.72. The predicted octanol–water partition coefficient (Wildman–Crippen LogP) is 2.00. The first-order chi connectivity index (χ1) is 7.08. The number of hydrogen-bond acceptors (Lipinski definition) is 6. The van der Waals surface area contributed by atoms with Gasteiger partial charge in [0.1, 0.15) is 0 Å². The summed E-state index contributed by atoms with van der Waals surface area (Å²) in [5.41, 5.74) is 7.27. The lowest BCUT2D eigenvalue weighted by Crippen LogP contribution is -1.82. The summed E-state index contributed by atoms with van der Waals surface area (Å²) in [6.07, 6.45) is 0. The van der Waals surface area contributed by atoms with Crippen molar-refractivity contribution in [1.29, 1.82) is 0 Å². The van der Waals surface area contributed by atoms with Gasteiger partial charge >= 0.3 is 0 Å². The molecule has 0 saturated carbocycles. The van der Waals surface area contributed by atoms with Crippen LogP contribution in [0.3, 0.4) is 0 Å². The van der Waals surface area contributed by atoms with Crippen LogP contribution >= 0.6 is 22.7 Å². The molecule has 0 fully saturated rings. The molecule has 0 bridgehead atoms. The van der Waals surface area contributed by atoms with Crippen molar-refractivity contribution in [2.24, 2.45) is 0 Å². The maximum atomic E-state index is 10.7. The maximum absolute atomic E-state index is 10.7. The van der Waals surface area contributed by atoms with E-state index in [0.29, 0.717) is 9.34 Å². The largest absolute Gasteiger partial charge is 0.768 e. The van der Waals surface area contributed by atoms with Crippen molar-refractivity contribution >= 4 is 38.9 Å². The van der Waals surface area contributed by atoms with Gasteiger partial charge in [-0.15, -0.1) is 11.3 Å². The molecule has 0 spiro atoms. The highest BCUT2D eigenvalue weighted by Gasteiger charge is 2.10. The number of aryl methyl sites for hydroxylation is 1. The Balaban J connectivity index is 2.45. The lowest BCUT2D eigenvalue weighted by Gasteiger charge is -1.97.